The molecule has 2 N–H and O–H groups in total. The minimum atomic E-state index is -0.379. The van der Waals surface area contributed by atoms with Gasteiger partial charge in [-0.15, -0.1) is 0 Å². The highest BCUT2D eigenvalue weighted by molar-refractivity contribution is 5.37. The Morgan fingerprint density at radius 1 is 1.33 bits per heavy atom. The van der Waals surface area contributed by atoms with Gasteiger partial charge in [0, 0.05) is 29.6 Å². The normalized spacial score (nSPS) is 12.4. The van der Waals surface area contributed by atoms with Crippen LogP contribution in [-0.2, 0) is 0 Å². The van der Waals surface area contributed by atoms with Crippen molar-refractivity contribution in [2.45, 2.75) is 19.9 Å². The predicted octanol–water partition coefficient (Wildman–Crippen LogP) is 2.30. The van der Waals surface area contributed by atoms with Crippen LogP contribution < -0.4 is 11.2 Å². The molecule has 0 aliphatic heterocycles. The van der Waals surface area contributed by atoms with Crippen LogP contribution in [0.4, 0.5) is 4.39 Å². The Morgan fingerprint density at radius 2 is 2.00 bits per heavy atom. The standard InChI is InChI=1S/C14H15FN2O/c1-9-7-14(18)11(10(2)16)8-17(9)13-6-4-3-5-12(13)15/h3-8,10H,16H2,1-2H3. The lowest BCUT2D eigenvalue weighted by Gasteiger charge is -2.14. The number of halogens is 1. The number of nitrogens with zero attached hydrogens (tertiary/aromatic N) is 1. The summed E-state index contributed by atoms with van der Waals surface area (Å²) in [5.41, 5.74) is 7.19. The molecule has 1 atom stereocenters. The number of aryl methyl sites for hydroxylation is 1. The van der Waals surface area contributed by atoms with Crippen molar-refractivity contribution in [1.82, 2.24) is 4.57 Å². The second kappa shape index (κ2) is 4.74. The number of hydrogen-bond donors (Lipinski definition) is 1. The van der Waals surface area contributed by atoms with Gasteiger partial charge in [-0.3, -0.25) is 4.79 Å². The van der Waals surface area contributed by atoms with Crippen LogP contribution in [0.2, 0.25) is 0 Å². The van der Waals surface area contributed by atoms with E-state index in [1.807, 2.05) is 0 Å². The van der Waals surface area contributed by atoms with Crippen LogP contribution in [0.5, 0.6) is 0 Å². The van der Waals surface area contributed by atoms with Gasteiger partial charge in [-0.25, -0.2) is 4.39 Å². The highest BCUT2D eigenvalue weighted by Crippen LogP contribution is 2.16. The summed E-state index contributed by atoms with van der Waals surface area (Å²) in [4.78, 5) is 11.8. The third-order valence-electron chi connectivity index (χ3n) is 2.88. The number of nitrogens with two attached hydrogens (primary N) is 1. The van der Waals surface area contributed by atoms with Crippen molar-refractivity contribution in [3.05, 3.63) is 63.8 Å². The summed E-state index contributed by atoms with van der Waals surface area (Å²) in [6, 6.07) is 7.53. The summed E-state index contributed by atoms with van der Waals surface area (Å²) in [7, 11) is 0. The Morgan fingerprint density at radius 3 is 2.61 bits per heavy atom. The van der Waals surface area contributed by atoms with E-state index >= 15 is 0 Å². The maximum absolute atomic E-state index is 13.8. The third-order valence-corrected chi connectivity index (χ3v) is 2.88. The first-order valence-corrected chi connectivity index (χ1v) is 5.74. The number of aromatic nitrogens is 1. The van der Waals surface area contributed by atoms with Gasteiger partial charge in [0.2, 0.25) is 0 Å². The van der Waals surface area contributed by atoms with Crippen molar-refractivity contribution >= 4 is 0 Å². The Labute approximate surface area is 105 Å². The molecule has 3 nitrogen and oxygen atoms in total. The number of rotatable bonds is 2. The van der Waals surface area contributed by atoms with Crippen molar-refractivity contribution in [3.8, 4) is 5.69 Å². The van der Waals surface area contributed by atoms with E-state index in [0.717, 1.165) is 0 Å². The van der Waals surface area contributed by atoms with E-state index in [1.165, 1.54) is 12.1 Å². The zero-order valence-corrected chi connectivity index (χ0v) is 10.4. The zero-order valence-electron chi connectivity index (χ0n) is 10.4. The molecule has 18 heavy (non-hydrogen) atoms. The summed E-state index contributed by atoms with van der Waals surface area (Å²) >= 11 is 0. The first-order chi connectivity index (χ1) is 8.50. The van der Waals surface area contributed by atoms with E-state index in [0.29, 0.717) is 16.9 Å². The van der Waals surface area contributed by atoms with E-state index in [-0.39, 0.29) is 17.3 Å². The predicted molar refractivity (Wildman–Crippen MR) is 69.3 cm³/mol. The average Bonchev–Trinajstić information content (AvgIpc) is 2.30. The van der Waals surface area contributed by atoms with E-state index in [9.17, 15) is 9.18 Å². The molecule has 1 aromatic heterocycles. The monoisotopic (exact) mass is 246 g/mol. The molecule has 1 unspecified atom stereocenters. The van der Waals surface area contributed by atoms with Crippen LogP contribution in [0.3, 0.4) is 0 Å². The van der Waals surface area contributed by atoms with Crippen LogP contribution in [0.25, 0.3) is 5.69 Å². The molecule has 1 heterocycles. The molecule has 0 fully saturated rings. The lowest BCUT2D eigenvalue weighted by molar-refractivity contribution is 0.615. The molecule has 0 saturated heterocycles. The van der Waals surface area contributed by atoms with Crippen molar-refractivity contribution in [2.75, 3.05) is 0 Å². The van der Waals surface area contributed by atoms with Crippen LogP contribution in [-0.4, -0.2) is 4.57 Å². The van der Waals surface area contributed by atoms with E-state index < -0.39 is 0 Å². The van der Waals surface area contributed by atoms with E-state index in [4.69, 9.17) is 5.73 Å². The van der Waals surface area contributed by atoms with Gasteiger partial charge in [0.05, 0.1) is 5.69 Å². The summed E-state index contributed by atoms with van der Waals surface area (Å²) in [5, 5.41) is 0. The third kappa shape index (κ3) is 2.19. The molecule has 2 aromatic rings. The first kappa shape index (κ1) is 12.5. The topological polar surface area (TPSA) is 48.0 Å². The fourth-order valence-corrected chi connectivity index (χ4v) is 1.90. The zero-order chi connectivity index (χ0) is 13.3. The summed E-state index contributed by atoms with van der Waals surface area (Å²) < 4.78 is 15.4. The molecule has 0 spiro atoms. The Balaban J connectivity index is 2.69. The molecule has 2 rings (SSSR count). The fourth-order valence-electron chi connectivity index (χ4n) is 1.90. The highest BCUT2D eigenvalue weighted by atomic mass is 19.1. The number of benzene rings is 1. The van der Waals surface area contributed by atoms with Crippen LogP contribution in [0, 0.1) is 12.7 Å². The molecule has 0 aliphatic rings. The number of pyridine rings is 1. The molecule has 0 aliphatic carbocycles. The largest absolute Gasteiger partial charge is 0.324 e. The van der Waals surface area contributed by atoms with Gasteiger partial charge in [-0.1, -0.05) is 12.1 Å². The van der Waals surface area contributed by atoms with Gasteiger partial charge >= 0.3 is 0 Å². The number of para-hydroxylation sites is 1. The lowest BCUT2D eigenvalue weighted by Crippen LogP contribution is -2.20. The van der Waals surface area contributed by atoms with Crippen molar-refractivity contribution in [3.63, 3.8) is 0 Å². The van der Waals surface area contributed by atoms with E-state index in [2.05, 4.69) is 0 Å². The minimum absolute atomic E-state index is 0.116. The van der Waals surface area contributed by atoms with Gasteiger partial charge in [0.1, 0.15) is 5.82 Å². The molecular formula is C14H15FN2O. The second-order valence-electron chi connectivity index (χ2n) is 4.34. The van der Waals surface area contributed by atoms with Gasteiger partial charge in [-0.05, 0) is 26.0 Å². The fraction of sp³-hybridized carbons (Fsp3) is 0.214. The van der Waals surface area contributed by atoms with E-state index in [1.54, 1.807) is 42.8 Å². The van der Waals surface area contributed by atoms with Gasteiger partial charge in [0.15, 0.2) is 5.43 Å². The Kier molecular flexibility index (Phi) is 3.30. The van der Waals surface area contributed by atoms with Gasteiger partial charge in [0.25, 0.3) is 0 Å². The van der Waals surface area contributed by atoms with Crippen molar-refractivity contribution in [1.29, 1.82) is 0 Å². The molecule has 0 saturated carbocycles. The molecular weight excluding hydrogens is 231 g/mol. The Bertz CT molecular complexity index is 632. The molecule has 4 heteroatoms. The number of hydrogen-bond acceptors (Lipinski definition) is 2. The molecule has 94 valence electrons. The summed E-state index contributed by atoms with van der Waals surface area (Å²) in [6.07, 6.45) is 1.61. The van der Waals surface area contributed by atoms with Crippen LogP contribution in [0.15, 0.2) is 41.3 Å². The SMILES string of the molecule is Cc1cc(=O)c(C(C)N)cn1-c1ccccc1F. The smallest absolute Gasteiger partial charge is 0.186 e. The maximum Gasteiger partial charge on any atom is 0.186 e. The average molecular weight is 246 g/mol. The first-order valence-electron chi connectivity index (χ1n) is 5.74. The van der Waals surface area contributed by atoms with Gasteiger partial charge in [-0.2, -0.15) is 0 Å². The summed E-state index contributed by atoms with van der Waals surface area (Å²) in [6.45, 7) is 3.50. The maximum atomic E-state index is 13.8. The van der Waals surface area contributed by atoms with Crippen molar-refractivity contribution in [2.24, 2.45) is 5.73 Å². The summed E-state index contributed by atoms with van der Waals surface area (Å²) in [5.74, 6) is -0.333. The Hall–Kier alpha value is -1.94. The molecule has 0 bridgehead atoms. The van der Waals surface area contributed by atoms with Crippen molar-refractivity contribution < 1.29 is 4.39 Å². The quantitative estimate of drug-likeness (QED) is 0.883. The molecule has 0 radical (unpaired) electrons. The minimum Gasteiger partial charge on any atom is -0.324 e. The molecule has 0 amide bonds. The van der Waals surface area contributed by atoms with Crippen LogP contribution in [0.1, 0.15) is 24.2 Å². The second-order valence-corrected chi connectivity index (χ2v) is 4.34. The van der Waals surface area contributed by atoms with Gasteiger partial charge < -0.3 is 10.3 Å². The van der Waals surface area contributed by atoms with Crippen LogP contribution >= 0.6 is 0 Å². The lowest BCUT2D eigenvalue weighted by atomic mass is 10.1. The molecule has 1 aromatic carbocycles. The highest BCUT2D eigenvalue weighted by Gasteiger charge is 2.10.